The molecule has 0 atom stereocenters. The number of benzene rings is 1. The van der Waals surface area contributed by atoms with Gasteiger partial charge in [-0.1, -0.05) is 13.0 Å². The fourth-order valence-corrected chi connectivity index (χ4v) is 1.84. The molecule has 1 heterocycles. The molecule has 0 saturated heterocycles. The van der Waals surface area contributed by atoms with Crippen molar-refractivity contribution in [2.75, 3.05) is 5.32 Å². The number of nitrogens with zero attached hydrogens (tertiary/aromatic N) is 1. The molecule has 0 bridgehead atoms. The van der Waals surface area contributed by atoms with E-state index in [9.17, 15) is 4.79 Å². The van der Waals surface area contributed by atoms with Gasteiger partial charge in [-0.05, 0) is 38.5 Å². The number of amides is 1. The Balaban J connectivity index is 2.21. The second-order valence-corrected chi connectivity index (χ2v) is 4.30. The Morgan fingerprint density at radius 3 is 3.00 bits per heavy atom. The number of anilines is 1. The van der Waals surface area contributed by atoms with Crippen molar-refractivity contribution >= 4 is 22.6 Å². The molecule has 1 aromatic carbocycles. The Morgan fingerprint density at radius 1 is 1.50 bits per heavy atom. The summed E-state index contributed by atoms with van der Waals surface area (Å²) in [6, 6.07) is 5.65. The highest BCUT2D eigenvalue weighted by atomic mass is 16.1. The fourth-order valence-electron chi connectivity index (χ4n) is 1.84. The van der Waals surface area contributed by atoms with Crippen LogP contribution in [0.1, 0.15) is 26.1 Å². The Bertz CT molecular complexity index is 611. The molecule has 2 aromatic rings. The molecule has 0 radical (unpaired) electrons. The molecule has 18 heavy (non-hydrogen) atoms. The Hall–Kier alpha value is -2.10. The minimum Gasteiger partial charge on any atom is -0.342 e. The van der Waals surface area contributed by atoms with Crippen molar-refractivity contribution < 1.29 is 4.79 Å². The number of H-pyrrole nitrogens is 1. The van der Waals surface area contributed by atoms with Crippen molar-refractivity contribution in [3.8, 4) is 0 Å². The minimum absolute atomic E-state index is 0.0626. The van der Waals surface area contributed by atoms with Crippen LogP contribution in [0.3, 0.4) is 0 Å². The van der Waals surface area contributed by atoms with E-state index in [-0.39, 0.29) is 5.91 Å². The second-order valence-electron chi connectivity index (χ2n) is 4.30. The number of hydrogen-bond acceptors (Lipinski definition) is 2. The maximum Gasteiger partial charge on any atom is 0.250 e. The van der Waals surface area contributed by atoms with Crippen LogP contribution in [0.5, 0.6) is 0 Å². The van der Waals surface area contributed by atoms with Crippen LogP contribution in [0.2, 0.25) is 0 Å². The van der Waals surface area contributed by atoms with Crippen LogP contribution < -0.4 is 5.32 Å². The van der Waals surface area contributed by atoms with Crippen molar-refractivity contribution in [1.29, 1.82) is 0 Å². The molecule has 4 nitrogen and oxygen atoms in total. The second kappa shape index (κ2) is 5.04. The van der Waals surface area contributed by atoms with E-state index in [2.05, 4.69) is 15.3 Å². The lowest BCUT2D eigenvalue weighted by Gasteiger charge is -2.05. The number of aryl methyl sites for hydroxylation is 1. The van der Waals surface area contributed by atoms with Gasteiger partial charge in [0.15, 0.2) is 0 Å². The maximum atomic E-state index is 11.8. The molecule has 1 amide bonds. The zero-order chi connectivity index (χ0) is 13.1. The first kappa shape index (κ1) is 12.4. The van der Waals surface area contributed by atoms with Crippen LogP contribution in [0.4, 0.5) is 5.69 Å². The zero-order valence-corrected chi connectivity index (χ0v) is 10.9. The number of allylic oxidation sites excluding steroid dienone is 1. The number of aromatic nitrogens is 2. The lowest BCUT2D eigenvalue weighted by molar-refractivity contribution is -0.112. The number of rotatable bonds is 3. The predicted molar refractivity (Wildman–Crippen MR) is 73.5 cm³/mol. The van der Waals surface area contributed by atoms with E-state index in [1.165, 1.54) is 0 Å². The molecule has 94 valence electrons. The summed E-state index contributed by atoms with van der Waals surface area (Å²) in [6.07, 6.45) is 2.77. The number of nitrogens with one attached hydrogen (secondary N) is 2. The van der Waals surface area contributed by atoms with Crippen LogP contribution in [0.15, 0.2) is 29.8 Å². The summed E-state index contributed by atoms with van der Waals surface area (Å²) in [5, 5.41) is 2.87. The fraction of sp³-hybridized carbons (Fsp3) is 0.286. The molecule has 2 N–H and O–H groups in total. The molecule has 0 unspecified atom stereocenters. The number of hydrogen-bond donors (Lipinski definition) is 2. The van der Waals surface area contributed by atoms with Gasteiger partial charge in [-0.15, -0.1) is 0 Å². The molecule has 1 aromatic heterocycles. The Morgan fingerprint density at radius 2 is 2.28 bits per heavy atom. The van der Waals surface area contributed by atoms with E-state index in [0.717, 1.165) is 34.5 Å². The Kier molecular flexibility index (Phi) is 3.46. The van der Waals surface area contributed by atoms with Gasteiger partial charge in [0.1, 0.15) is 5.82 Å². The third kappa shape index (κ3) is 2.59. The molecule has 0 spiro atoms. The first-order chi connectivity index (χ1) is 8.60. The van der Waals surface area contributed by atoms with Crippen LogP contribution in [0.25, 0.3) is 11.0 Å². The zero-order valence-electron chi connectivity index (χ0n) is 10.9. The van der Waals surface area contributed by atoms with Crippen molar-refractivity contribution in [3.05, 3.63) is 35.7 Å². The van der Waals surface area contributed by atoms with Crippen LogP contribution >= 0.6 is 0 Å². The molecule has 0 aliphatic carbocycles. The van der Waals surface area contributed by atoms with E-state index < -0.39 is 0 Å². The van der Waals surface area contributed by atoms with Crippen molar-refractivity contribution in [2.45, 2.75) is 27.2 Å². The normalized spacial score (nSPS) is 11.8. The Labute approximate surface area is 106 Å². The highest BCUT2D eigenvalue weighted by Crippen LogP contribution is 2.17. The van der Waals surface area contributed by atoms with E-state index in [0.29, 0.717) is 0 Å². The average molecular weight is 243 g/mol. The van der Waals surface area contributed by atoms with E-state index in [1.54, 1.807) is 0 Å². The van der Waals surface area contributed by atoms with Gasteiger partial charge in [0.2, 0.25) is 0 Å². The van der Waals surface area contributed by atoms with Crippen LogP contribution in [-0.2, 0) is 4.79 Å². The van der Waals surface area contributed by atoms with Gasteiger partial charge < -0.3 is 10.3 Å². The quantitative estimate of drug-likeness (QED) is 0.813. The summed E-state index contributed by atoms with van der Waals surface area (Å²) in [6.45, 7) is 5.74. The topological polar surface area (TPSA) is 57.8 Å². The molecule has 0 fully saturated rings. The SMILES string of the molecule is CCC=C(C)C(=O)Nc1ccc2nc(C)[nH]c2c1. The number of imidazole rings is 1. The first-order valence-electron chi connectivity index (χ1n) is 6.04. The summed E-state index contributed by atoms with van der Waals surface area (Å²) in [5.74, 6) is 0.808. The number of carbonyl (C=O) groups is 1. The van der Waals surface area contributed by atoms with Gasteiger partial charge >= 0.3 is 0 Å². The van der Waals surface area contributed by atoms with Crippen LogP contribution in [0, 0.1) is 6.92 Å². The number of fused-ring (bicyclic) bond motifs is 1. The average Bonchev–Trinajstić information content (AvgIpc) is 2.68. The van der Waals surface area contributed by atoms with Crippen molar-refractivity contribution in [2.24, 2.45) is 0 Å². The third-order valence-corrected chi connectivity index (χ3v) is 2.73. The van der Waals surface area contributed by atoms with E-state index in [4.69, 9.17) is 0 Å². The van der Waals surface area contributed by atoms with Crippen molar-refractivity contribution in [1.82, 2.24) is 9.97 Å². The molecular weight excluding hydrogens is 226 g/mol. The minimum atomic E-state index is -0.0626. The lowest BCUT2D eigenvalue weighted by Crippen LogP contribution is -2.12. The smallest absolute Gasteiger partial charge is 0.250 e. The van der Waals surface area contributed by atoms with Gasteiger partial charge in [0, 0.05) is 11.3 Å². The largest absolute Gasteiger partial charge is 0.342 e. The van der Waals surface area contributed by atoms with Crippen molar-refractivity contribution in [3.63, 3.8) is 0 Å². The summed E-state index contributed by atoms with van der Waals surface area (Å²) >= 11 is 0. The van der Waals surface area contributed by atoms with Gasteiger partial charge in [-0.25, -0.2) is 4.98 Å². The standard InChI is InChI=1S/C14H17N3O/c1-4-5-9(2)14(18)17-11-6-7-12-13(8-11)16-10(3)15-12/h5-8H,4H2,1-3H3,(H,15,16)(H,17,18). The van der Waals surface area contributed by atoms with Gasteiger partial charge in [-0.2, -0.15) is 0 Å². The summed E-state index contributed by atoms with van der Waals surface area (Å²) < 4.78 is 0. The summed E-state index contributed by atoms with van der Waals surface area (Å²) in [5.41, 5.74) is 3.35. The van der Waals surface area contributed by atoms with E-state index >= 15 is 0 Å². The monoisotopic (exact) mass is 243 g/mol. The number of carbonyl (C=O) groups excluding carboxylic acids is 1. The highest BCUT2D eigenvalue weighted by molar-refractivity contribution is 6.04. The molecule has 0 saturated carbocycles. The maximum absolute atomic E-state index is 11.8. The van der Waals surface area contributed by atoms with Gasteiger partial charge in [0.05, 0.1) is 11.0 Å². The van der Waals surface area contributed by atoms with Crippen LogP contribution in [-0.4, -0.2) is 15.9 Å². The highest BCUT2D eigenvalue weighted by Gasteiger charge is 2.06. The summed E-state index contributed by atoms with van der Waals surface area (Å²) in [7, 11) is 0. The number of aromatic amines is 1. The molecule has 2 rings (SSSR count). The van der Waals surface area contributed by atoms with E-state index in [1.807, 2.05) is 45.0 Å². The molecular formula is C14H17N3O. The predicted octanol–water partition coefficient (Wildman–Crippen LogP) is 3.17. The molecule has 0 aliphatic heterocycles. The van der Waals surface area contributed by atoms with Gasteiger partial charge in [-0.3, -0.25) is 4.79 Å². The summed E-state index contributed by atoms with van der Waals surface area (Å²) in [4.78, 5) is 19.3. The molecule has 4 heteroatoms. The van der Waals surface area contributed by atoms with Gasteiger partial charge in [0.25, 0.3) is 5.91 Å². The lowest BCUT2D eigenvalue weighted by atomic mass is 10.2. The first-order valence-corrected chi connectivity index (χ1v) is 6.04. The molecule has 0 aliphatic rings. The third-order valence-electron chi connectivity index (χ3n) is 2.73.